The largest absolute Gasteiger partial charge is 0.336 e. The van der Waals surface area contributed by atoms with Crippen LogP contribution in [-0.2, 0) is 13.0 Å². The Bertz CT molecular complexity index is 740. The van der Waals surface area contributed by atoms with Gasteiger partial charge in [-0.1, -0.05) is 59.6 Å². The highest BCUT2D eigenvalue weighted by Crippen LogP contribution is 2.38. The van der Waals surface area contributed by atoms with Gasteiger partial charge in [-0.25, -0.2) is 4.98 Å². The Hall–Kier alpha value is -1.42. The molecule has 0 spiro atoms. The summed E-state index contributed by atoms with van der Waals surface area (Å²) in [6.45, 7) is 0.874. The molecule has 2 nitrogen and oxygen atoms in total. The molecule has 0 saturated heterocycles. The lowest BCUT2D eigenvalue weighted by molar-refractivity contribution is 0.624. The maximum absolute atomic E-state index is 6.35. The number of hydrogen-bond donors (Lipinski definition) is 0. The second kappa shape index (κ2) is 8.61. The number of benzene rings is 2. The van der Waals surface area contributed by atoms with E-state index in [4.69, 9.17) is 23.2 Å². The number of imidazole rings is 1. The molecule has 0 N–H and O–H groups in total. The maximum Gasteiger partial charge on any atom is 0.0946 e. The minimum Gasteiger partial charge on any atom is -0.336 e. The summed E-state index contributed by atoms with van der Waals surface area (Å²) in [5.41, 5.74) is 1.35. The fourth-order valence-electron chi connectivity index (χ4n) is 2.55. The Labute approximate surface area is 156 Å². The van der Waals surface area contributed by atoms with Crippen LogP contribution in [0.15, 0.2) is 72.1 Å². The lowest BCUT2D eigenvalue weighted by Gasteiger charge is -2.19. The number of aryl methyl sites for hydroxylation is 1. The summed E-state index contributed by atoms with van der Waals surface area (Å²) in [7, 11) is 0. The van der Waals surface area contributed by atoms with Crippen molar-refractivity contribution < 1.29 is 0 Å². The van der Waals surface area contributed by atoms with Crippen LogP contribution in [0.5, 0.6) is 0 Å². The van der Waals surface area contributed by atoms with E-state index in [1.165, 1.54) is 5.56 Å². The van der Waals surface area contributed by atoms with Crippen molar-refractivity contribution in [3.8, 4) is 0 Å². The molecule has 0 aliphatic rings. The lowest BCUT2D eigenvalue weighted by Crippen LogP contribution is -2.13. The molecule has 1 aromatic heterocycles. The highest BCUT2D eigenvalue weighted by Gasteiger charge is 2.16. The summed E-state index contributed by atoms with van der Waals surface area (Å²) < 4.78 is 2.10. The summed E-state index contributed by atoms with van der Waals surface area (Å²) in [6, 6.07) is 16.2. The fraction of sp³-hybridized carbons (Fsp3) is 0.211. The molecule has 24 heavy (non-hydrogen) atoms. The quantitative estimate of drug-likeness (QED) is 0.471. The van der Waals surface area contributed by atoms with Crippen molar-refractivity contribution in [1.82, 2.24) is 9.55 Å². The second-order valence-corrected chi connectivity index (χ2v) is 7.70. The Morgan fingerprint density at radius 1 is 1.00 bits per heavy atom. The number of thioether (sulfide) groups is 1. The van der Waals surface area contributed by atoms with E-state index in [9.17, 15) is 0 Å². The van der Waals surface area contributed by atoms with Gasteiger partial charge in [-0.15, -0.1) is 11.8 Å². The molecular weight excluding hydrogens is 359 g/mol. The van der Waals surface area contributed by atoms with Crippen LogP contribution < -0.4 is 0 Å². The van der Waals surface area contributed by atoms with Crippen molar-refractivity contribution >= 4 is 35.0 Å². The first-order valence-electron chi connectivity index (χ1n) is 7.82. The first-order valence-corrected chi connectivity index (χ1v) is 9.46. The Morgan fingerprint density at radius 3 is 2.42 bits per heavy atom. The zero-order valence-electron chi connectivity index (χ0n) is 13.1. The predicted molar refractivity (Wildman–Crippen MR) is 103 cm³/mol. The molecule has 1 heterocycles. The molecule has 0 bridgehead atoms. The molecule has 2 aromatic carbocycles. The Balaban J connectivity index is 1.74. The van der Waals surface area contributed by atoms with Crippen LogP contribution in [0.2, 0.25) is 10.0 Å². The monoisotopic (exact) mass is 376 g/mol. The molecule has 5 heteroatoms. The SMILES string of the molecule is Clc1cccc(Cl)c1SC(CCc1ccccc1)Cn1ccnc1. The Kier molecular flexibility index (Phi) is 6.24. The third kappa shape index (κ3) is 4.79. The lowest BCUT2D eigenvalue weighted by atomic mass is 10.1. The minimum absolute atomic E-state index is 0.358. The van der Waals surface area contributed by atoms with Crippen molar-refractivity contribution in [1.29, 1.82) is 0 Å². The summed E-state index contributed by atoms with van der Waals surface area (Å²) in [5.74, 6) is 0. The molecule has 0 aliphatic heterocycles. The Morgan fingerprint density at radius 2 is 1.75 bits per heavy atom. The van der Waals surface area contributed by atoms with Gasteiger partial charge in [0.25, 0.3) is 0 Å². The topological polar surface area (TPSA) is 17.8 Å². The van der Waals surface area contributed by atoms with Gasteiger partial charge < -0.3 is 4.57 Å². The van der Waals surface area contributed by atoms with E-state index in [1.54, 1.807) is 18.0 Å². The highest BCUT2D eigenvalue weighted by atomic mass is 35.5. The van der Waals surface area contributed by atoms with Gasteiger partial charge in [-0.3, -0.25) is 0 Å². The van der Waals surface area contributed by atoms with Crippen LogP contribution in [0.1, 0.15) is 12.0 Å². The minimum atomic E-state index is 0.358. The van der Waals surface area contributed by atoms with Gasteiger partial charge >= 0.3 is 0 Å². The highest BCUT2D eigenvalue weighted by molar-refractivity contribution is 8.00. The van der Waals surface area contributed by atoms with E-state index in [-0.39, 0.29) is 0 Å². The fourth-order valence-corrected chi connectivity index (χ4v) is 4.39. The van der Waals surface area contributed by atoms with Crippen LogP contribution in [0.4, 0.5) is 0 Å². The van der Waals surface area contributed by atoms with Crippen LogP contribution in [0.3, 0.4) is 0 Å². The predicted octanol–water partition coefficient (Wildman–Crippen LogP) is 5.98. The average molecular weight is 377 g/mol. The molecule has 0 radical (unpaired) electrons. The molecule has 0 saturated carbocycles. The van der Waals surface area contributed by atoms with E-state index in [2.05, 4.69) is 33.8 Å². The van der Waals surface area contributed by atoms with E-state index < -0.39 is 0 Å². The third-order valence-electron chi connectivity index (χ3n) is 3.77. The smallest absolute Gasteiger partial charge is 0.0946 e. The molecule has 1 atom stereocenters. The van der Waals surface area contributed by atoms with E-state index in [0.29, 0.717) is 15.3 Å². The first kappa shape index (κ1) is 17.4. The maximum atomic E-state index is 6.35. The van der Waals surface area contributed by atoms with Crippen molar-refractivity contribution in [2.24, 2.45) is 0 Å². The van der Waals surface area contributed by atoms with E-state index in [1.807, 2.05) is 36.8 Å². The van der Waals surface area contributed by atoms with Crippen LogP contribution in [0.25, 0.3) is 0 Å². The number of rotatable bonds is 7. The van der Waals surface area contributed by atoms with Crippen molar-refractivity contribution in [2.75, 3.05) is 0 Å². The summed E-state index contributed by atoms with van der Waals surface area (Å²) >= 11 is 14.4. The average Bonchev–Trinajstić information content (AvgIpc) is 3.10. The van der Waals surface area contributed by atoms with Gasteiger partial charge in [0.2, 0.25) is 0 Å². The van der Waals surface area contributed by atoms with Gasteiger partial charge in [-0.2, -0.15) is 0 Å². The van der Waals surface area contributed by atoms with Gasteiger partial charge in [0.1, 0.15) is 0 Å². The van der Waals surface area contributed by atoms with Gasteiger partial charge in [0.05, 0.1) is 16.4 Å². The van der Waals surface area contributed by atoms with Crippen LogP contribution in [0, 0.1) is 0 Å². The molecule has 124 valence electrons. The van der Waals surface area contributed by atoms with Crippen molar-refractivity contribution in [2.45, 2.75) is 29.5 Å². The number of nitrogens with zero attached hydrogens (tertiary/aromatic N) is 2. The van der Waals surface area contributed by atoms with E-state index >= 15 is 0 Å². The molecule has 1 unspecified atom stereocenters. The van der Waals surface area contributed by atoms with Gasteiger partial charge in [0, 0.05) is 29.1 Å². The summed E-state index contributed by atoms with van der Waals surface area (Å²) in [5, 5.41) is 1.78. The number of hydrogen-bond acceptors (Lipinski definition) is 2. The van der Waals surface area contributed by atoms with Crippen molar-refractivity contribution in [3.05, 3.63) is 82.9 Å². The zero-order valence-corrected chi connectivity index (χ0v) is 15.4. The zero-order chi connectivity index (χ0) is 16.8. The normalized spacial score (nSPS) is 12.2. The van der Waals surface area contributed by atoms with Crippen LogP contribution in [-0.4, -0.2) is 14.8 Å². The molecule has 0 amide bonds. The molecule has 3 rings (SSSR count). The molecular formula is C19H18Cl2N2S. The summed E-state index contributed by atoms with van der Waals surface area (Å²) in [6.07, 6.45) is 7.71. The number of halogens is 2. The molecule has 3 aromatic rings. The van der Waals surface area contributed by atoms with Gasteiger partial charge in [-0.05, 0) is 30.5 Å². The first-order chi connectivity index (χ1) is 11.7. The third-order valence-corrected chi connectivity index (χ3v) is 6.02. The van der Waals surface area contributed by atoms with Crippen molar-refractivity contribution in [3.63, 3.8) is 0 Å². The molecule has 0 aliphatic carbocycles. The van der Waals surface area contributed by atoms with Crippen LogP contribution >= 0.6 is 35.0 Å². The van der Waals surface area contributed by atoms with E-state index in [0.717, 1.165) is 24.3 Å². The number of aromatic nitrogens is 2. The van der Waals surface area contributed by atoms with Gasteiger partial charge in [0.15, 0.2) is 0 Å². The second-order valence-electron chi connectivity index (χ2n) is 5.57. The summed E-state index contributed by atoms with van der Waals surface area (Å²) in [4.78, 5) is 5.09. The standard InChI is InChI=1S/C19H18Cl2N2S/c20-17-7-4-8-18(21)19(17)24-16(13-23-12-11-22-14-23)10-9-15-5-2-1-3-6-15/h1-8,11-12,14,16H,9-10,13H2. The molecule has 0 fully saturated rings.